The number of piperidine rings is 2. The van der Waals surface area contributed by atoms with Crippen LogP contribution in [0.25, 0.3) is 5.69 Å². The van der Waals surface area contributed by atoms with E-state index in [0.29, 0.717) is 18.2 Å². The average Bonchev–Trinajstić information content (AvgIpc) is 3.17. The molecule has 0 radical (unpaired) electrons. The predicted octanol–water partition coefficient (Wildman–Crippen LogP) is 1.61. The number of nitrogens with zero attached hydrogens (tertiary/aromatic N) is 4. The standard InChI is InChI=1S/C17H21N5O/c18-12-17-5-2-13(3-6-17)11-21(17)16(23)15-10-14(4-8-19-15)22-9-1-7-20-22/h1,4,7-10,13H,2-3,5-6,11-12,18H2. The molecule has 6 heteroatoms. The third kappa shape index (κ3) is 2.34. The molecule has 120 valence electrons. The third-order valence-corrected chi connectivity index (χ3v) is 5.41. The van der Waals surface area contributed by atoms with Gasteiger partial charge in [-0.2, -0.15) is 5.10 Å². The van der Waals surface area contributed by atoms with E-state index in [0.717, 1.165) is 25.1 Å². The fourth-order valence-corrected chi connectivity index (χ4v) is 3.97. The molecular weight excluding hydrogens is 290 g/mol. The van der Waals surface area contributed by atoms with Crippen molar-refractivity contribution in [1.29, 1.82) is 0 Å². The van der Waals surface area contributed by atoms with Gasteiger partial charge in [0.25, 0.3) is 5.91 Å². The maximum atomic E-state index is 13.1. The number of nitrogens with two attached hydrogens (primary N) is 1. The minimum Gasteiger partial charge on any atom is -0.330 e. The van der Waals surface area contributed by atoms with Crippen LogP contribution in [0.5, 0.6) is 0 Å². The van der Waals surface area contributed by atoms with Crippen LogP contribution in [0.15, 0.2) is 36.8 Å². The molecule has 2 bridgehead atoms. The van der Waals surface area contributed by atoms with Gasteiger partial charge in [0.1, 0.15) is 5.69 Å². The number of hydrogen-bond acceptors (Lipinski definition) is 4. The predicted molar refractivity (Wildman–Crippen MR) is 86.1 cm³/mol. The Bertz CT molecular complexity index is 704. The second kappa shape index (κ2) is 5.45. The minimum atomic E-state index is -0.171. The molecule has 2 saturated heterocycles. The molecule has 2 aliphatic heterocycles. The highest BCUT2D eigenvalue weighted by Crippen LogP contribution is 2.43. The number of aromatic nitrogens is 3. The van der Waals surface area contributed by atoms with Gasteiger partial charge in [0.05, 0.1) is 11.2 Å². The van der Waals surface area contributed by atoms with Crippen LogP contribution in [0.3, 0.4) is 0 Å². The smallest absolute Gasteiger partial charge is 0.273 e. The lowest BCUT2D eigenvalue weighted by Gasteiger charge is -2.54. The van der Waals surface area contributed by atoms with E-state index in [2.05, 4.69) is 10.1 Å². The van der Waals surface area contributed by atoms with Gasteiger partial charge in [-0.1, -0.05) is 0 Å². The summed E-state index contributed by atoms with van der Waals surface area (Å²) in [5.41, 5.74) is 7.20. The van der Waals surface area contributed by atoms with E-state index in [4.69, 9.17) is 5.73 Å². The van der Waals surface area contributed by atoms with Crippen molar-refractivity contribution in [1.82, 2.24) is 19.7 Å². The fourth-order valence-electron chi connectivity index (χ4n) is 3.97. The fraction of sp³-hybridized carbons (Fsp3) is 0.471. The van der Waals surface area contributed by atoms with Crippen molar-refractivity contribution < 1.29 is 4.79 Å². The molecule has 1 saturated carbocycles. The van der Waals surface area contributed by atoms with Gasteiger partial charge in [0.2, 0.25) is 0 Å². The van der Waals surface area contributed by atoms with E-state index in [9.17, 15) is 4.79 Å². The maximum absolute atomic E-state index is 13.1. The van der Waals surface area contributed by atoms with E-state index < -0.39 is 0 Å². The van der Waals surface area contributed by atoms with Crippen LogP contribution in [-0.2, 0) is 0 Å². The molecule has 3 fully saturated rings. The Morgan fingerprint density at radius 3 is 2.87 bits per heavy atom. The number of pyridine rings is 1. The normalized spacial score (nSPS) is 26.5. The summed E-state index contributed by atoms with van der Waals surface area (Å²) in [4.78, 5) is 19.3. The van der Waals surface area contributed by atoms with E-state index >= 15 is 0 Å². The molecule has 0 spiro atoms. The summed E-state index contributed by atoms with van der Waals surface area (Å²) in [5.74, 6) is 0.607. The van der Waals surface area contributed by atoms with Crippen LogP contribution < -0.4 is 5.73 Å². The lowest BCUT2D eigenvalue weighted by Crippen LogP contribution is -2.63. The largest absolute Gasteiger partial charge is 0.330 e. The zero-order valence-electron chi connectivity index (χ0n) is 13.1. The van der Waals surface area contributed by atoms with Crippen molar-refractivity contribution in [3.63, 3.8) is 0 Å². The van der Waals surface area contributed by atoms with Crippen LogP contribution in [0.4, 0.5) is 0 Å². The van der Waals surface area contributed by atoms with Crippen LogP contribution in [0.2, 0.25) is 0 Å². The van der Waals surface area contributed by atoms with Crippen molar-refractivity contribution in [3.8, 4) is 5.69 Å². The summed E-state index contributed by atoms with van der Waals surface area (Å²) in [6.07, 6.45) is 9.63. The van der Waals surface area contributed by atoms with Gasteiger partial charge in [-0.15, -0.1) is 0 Å². The zero-order valence-corrected chi connectivity index (χ0v) is 13.1. The first-order valence-corrected chi connectivity index (χ1v) is 8.20. The molecular formula is C17H21N5O. The first kappa shape index (κ1) is 14.4. The van der Waals surface area contributed by atoms with Crippen LogP contribution in [-0.4, -0.2) is 44.2 Å². The monoisotopic (exact) mass is 311 g/mol. The topological polar surface area (TPSA) is 77.0 Å². The van der Waals surface area contributed by atoms with Crippen molar-refractivity contribution in [3.05, 3.63) is 42.5 Å². The molecule has 6 nitrogen and oxygen atoms in total. The van der Waals surface area contributed by atoms with E-state index in [1.807, 2.05) is 29.3 Å². The van der Waals surface area contributed by atoms with Crippen molar-refractivity contribution in [2.45, 2.75) is 31.2 Å². The van der Waals surface area contributed by atoms with E-state index in [-0.39, 0.29) is 11.4 Å². The number of carbonyl (C=O) groups is 1. The van der Waals surface area contributed by atoms with Gasteiger partial charge in [0.15, 0.2) is 0 Å². The van der Waals surface area contributed by atoms with Gasteiger partial charge < -0.3 is 10.6 Å². The molecule has 2 aromatic heterocycles. The molecule has 0 unspecified atom stereocenters. The van der Waals surface area contributed by atoms with Crippen molar-refractivity contribution >= 4 is 5.91 Å². The zero-order chi connectivity index (χ0) is 15.9. The molecule has 1 aliphatic carbocycles. The summed E-state index contributed by atoms with van der Waals surface area (Å²) in [5, 5.41) is 4.21. The quantitative estimate of drug-likeness (QED) is 0.934. The molecule has 1 amide bonds. The highest BCUT2D eigenvalue weighted by atomic mass is 16.2. The highest BCUT2D eigenvalue weighted by molar-refractivity contribution is 5.93. The summed E-state index contributed by atoms with van der Waals surface area (Å²) in [6.45, 7) is 1.34. The Kier molecular flexibility index (Phi) is 3.41. The van der Waals surface area contributed by atoms with Crippen molar-refractivity contribution in [2.75, 3.05) is 13.1 Å². The second-order valence-electron chi connectivity index (χ2n) is 6.64. The maximum Gasteiger partial charge on any atom is 0.273 e. The molecule has 3 aliphatic rings. The highest BCUT2D eigenvalue weighted by Gasteiger charge is 2.47. The van der Waals surface area contributed by atoms with E-state index in [1.54, 1.807) is 17.1 Å². The van der Waals surface area contributed by atoms with Gasteiger partial charge >= 0.3 is 0 Å². The Morgan fingerprint density at radius 2 is 2.17 bits per heavy atom. The summed E-state index contributed by atoms with van der Waals surface area (Å²) in [6, 6.07) is 5.52. The first-order valence-electron chi connectivity index (χ1n) is 8.20. The molecule has 2 N–H and O–H groups in total. The van der Waals surface area contributed by atoms with Gasteiger partial charge in [-0.05, 0) is 49.8 Å². The summed E-state index contributed by atoms with van der Waals surface area (Å²) >= 11 is 0. The molecule has 2 aromatic rings. The van der Waals surface area contributed by atoms with Crippen molar-refractivity contribution in [2.24, 2.45) is 11.7 Å². The number of hydrogen-bond donors (Lipinski definition) is 1. The lowest BCUT2D eigenvalue weighted by molar-refractivity contribution is -0.0156. The van der Waals surface area contributed by atoms with Gasteiger partial charge in [0, 0.05) is 31.7 Å². The molecule has 4 heterocycles. The Morgan fingerprint density at radius 1 is 1.35 bits per heavy atom. The molecule has 0 atom stereocenters. The molecule has 23 heavy (non-hydrogen) atoms. The van der Waals surface area contributed by atoms with Crippen LogP contribution in [0.1, 0.15) is 36.2 Å². The average molecular weight is 311 g/mol. The molecule has 5 rings (SSSR count). The van der Waals surface area contributed by atoms with Gasteiger partial charge in [-0.25, -0.2) is 4.68 Å². The first-order chi connectivity index (χ1) is 11.2. The second-order valence-corrected chi connectivity index (χ2v) is 6.64. The Balaban J connectivity index is 1.65. The Hall–Kier alpha value is -2.21. The third-order valence-electron chi connectivity index (χ3n) is 5.41. The molecule has 0 aromatic carbocycles. The SMILES string of the molecule is NCC12CCC(CC1)CN2C(=O)c1cc(-n2cccn2)ccn1. The summed E-state index contributed by atoms with van der Waals surface area (Å²) in [7, 11) is 0. The minimum absolute atomic E-state index is 0.00569. The van der Waals surface area contributed by atoms with E-state index in [1.165, 1.54) is 12.8 Å². The summed E-state index contributed by atoms with van der Waals surface area (Å²) < 4.78 is 1.74. The Labute approximate surface area is 135 Å². The lowest BCUT2D eigenvalue weighted by atomic mass is 9.70. The van der Waals surface area contributed by atoms with Crippen LogP contribution in [0, 0.1) is 5.92 Å². The number of carbonyl (C=O) groups excluding carboxylic acids is 1. The van der Waals surface area contributed by atoms with Gasteiger partial charge in [-0.3, -0.25) is 9.78 Å². The number of rotatable bonds is 3. The number of fused-ring (bicyclic) bond motifs is 3. The number of amides is 1. The van der Waals surface area contributed by atoms with Crippen LogP contribution >= 0.6 is 0 Å².